The summed E-state index contributed by atoms with van der Waals surface area (Å²) in [5.74, 6) is -5.19. The van der Waals surface area contributed by atoms with Crippen LogP contribution in [0.25, 0.3) is 22.5 Å². The second kappa shape index (κ2) is 17.1. The molecular formula is C40H27Cl2F7N6O2. The largest absolute Gasteiger partial charge is 0.433 e. The lowest BCUT2D eigenvalue weighted by molar-refractivity contribution is -0.141. The van der Waals surface area contributed by atoms with Crippen molar-refractivity contribution in [3.05, 3.63) is 165 Å². The molecule has 0 spiro atoms. The van der Waals surface area contributed by atoms with Crippen LogP contribution >= 0.6 is 23.2 Å². The van der Waals surface area contributed by atoms with E-state index < -0.39 is 59.8 Å². The lowest BCUT2D eigenvalue weighted by Crippen LogP contribution is -2.40. The molecule has 4 heterocycles. The smallest absolute Gasteiger partial charge is 0.351 e. The van der Waals surface area contributed by atoms with Crippen molar-refractivity contribution in [2.24, 2.45) is 0 Å². The van der Waals surface area contributed by atoms with Gasteiger partial charge < -0.3 is 10.6 Å². The van der Waals surface area contributed by atoms with Gasteiger partial charge in [-0.1, -0.05) is 59.6 Å². The highest BCUT2D eigenvalue weighted by Gasteiger charge is 2.39. The van der Waals surface area contributed by atoms with Gasteiger partial charge in [0.15, 0.2) is 0 Å². The minimum atomic E-state index is -4.83. The van der Waals surface area contributed by atoms with E-state index in [1.165, 1.54) is 60.9 Å². The zero-order chi connectivity index (χ0) is 40.9. The van der Waals surface area contributed by atoms with Crippen molar-refractivity contribution in [3.63, 3.8) is 0 Å². The zero-order valence-electron chi connectivity index (χ0n) is 29.0. The predicted molar refractivity (Wildman–Crippen MR) is 197 cm³/mol. The summed E-state index contributed by atoms with van der Waals surface area (Å²) in [6.45, 7) is -0.749. The number of halogens is 9. The Labute approximate surface area is 330 Å². The molecular weight excluding hydrogens is 800 g/mol. The lowest BCUT2D eigenvalue weighted by atomic mass is 9.84. The Morgan fingerprint density at radius 2 is 1.09 bits per heavy atom. The Morgan fingerprint density at radius 1 is 0.596 bits per heavy atom. The SMILES string of the molecule is O=C(NCc1ccc(C(F)(F)F)nc1-c1cccc(Cl)c1)C(c1ccccn1)C(C(=O)NCc1ccc(C(F)(F)F)nc1-c1ccc(F)c(Cl)c1)c1ccccn1. The van der Waals surface area contributed by atoms with Gasteiger partial charge >= 0.3 is 12.4 Å². The normalized spacial score (nSPS) is 12.8. The summed E-state index contributed by atoms with van der Waals surface area (Å²) < 4.78 is 96.4. The summed E-state index contributed by atoms with van der Waals surface area (Å²) in [5, 5.41) is 5.27. The third-order valence-electron chi connectivity index (χ3n) is 8.65. The van der Waals surface area contributed by atoms with Crippen LogP contribution in [0.1, 0.15) is 45.7 Å². The van der Waals surface area contributed by atoms with Crippen LogP contribution in [0, 0.1) is 5.82 Å². The second-order valence-corrected chi connectivity index (χ2v) is 13.3. The average molecular weight is 828 g/mol. The van der Waals surface area contributed by atoms with Crippen LogP contribution in [-0.4, -0.2) is 31.8 Å². The Balaban J connectivity index is 1.35. The van der Waals surface area contributed by atoms with E-state index in [4.69, 9.17) is 23.2 Å². The van der Waals surface area contributed by atoms with Gasteiger partial charge in [-0.3, -0.25) is 19.6 Å². The van der Waals surface area contributed by atoms with Crippen LogP contribution in [0.4, 0.5) is 30.7 Å². The summed E-state index contributed by atoms with van der Waals surface area (Å²) in [7, 11) is 0. The number of carbonyl (C=O) groups is 2. The first-order valence-electron chi connectivity index (χ1n) is 16.8. The van der Waals surface area contributed by atoms with Crippen molar-refractivity contribution in [1.82, 2.24) is 30.6 Å². The van der Waals surface area contributed by atoms with Crippen molar-refractivity contribution in [1.29, 1.82) is 0 Å². The molecule has 0 fully saturated rings. The van der Waals surface area contributed by atoms with Crippen LogP contribution in [0.2, 0.25) is 10.0 Å². The van der Waals surface area contributed by atoms with E-state index in [-0.39, 0.29) is 61.6 Å². The van der Waals surface area contributed by atoms with Crippen LogP contribution < -0.4 is 10.6 Å². The highest BCUT2D eigenvalue weighted by molar-refractivity contribution is 6.31. The molecule has 57 heavy (non-hydrogen) atoms. The maximum absolute atomic E-state index is 14.3. The molecule has 8 nitrogen and oxygen atoms in total. The highest BCUT2D eigenvalue weighted by atomic mass is 35.5. The minimum Gasteiger partial charge on any atom is -0.351 e. The van der Waals surface area contributed by atoms with E-state index in [0.29, 0.717) is 0 Å². The van der Waals surface area contributed by atoms with E-state index in [1.807, 2.05) is 0 Å². The van der Waals surface area contributed by atoms with E-state index in [2.05, 4.69) is 30.6 Å². The number of aromatic nitrogens is 4. The highest BCUT2D eigenvalue weighted by Crippen LogP contribution is 2.36. The monoisotopic (exact) mass is 826 g/mol. The standard InChI is InChI=1S/C40H27Cl2F7N6O2/c41-26-7-5-6-22(18-26)35-24(11-14-31(54-35)39(44,45)46)20-52-37(56)33(29-8-1-3-16-50-29)34(30-9-2-4-17-51-30)38(57)53-21-25-12-15-32(40(47,48)49)55-36(25)23-10-13-28(43)27(42)19-23/h1-19,33-34H,20-21H2,(H,52,56)(H,53,57). The summed E-state index contributed by atoms with van der Waals surface area (Å²) >= 11 is 12.1. The number of hydrogen-bond acceptors (Lipinski definition) is 6. The van der Waals surface area contributed by atoms with Crippen molar-refractivity contribution in [2.45, 2.75) is 37.3 Å². The molecule has 2 amide bonds. The molecule has 4 aromatic heterocycles. The van der Waals surface area contributed by atoms with Gasteiger partial charge in [0.2, 0.25) is 11.8 Å². The molecule has 0 radical (unpaired) electrons. The van der Waals surface area contributed by atoms with Crippen molar-refractivity contribution in [2.75, 3.05) is 0 Å². The summed E-state index contributed by atoms with van der Waals surface area (Å²) in [4.78, 5) is 44.9. The van der Waals surface area contributed by atoms with Gasteiger partial charge in [0, 0.05) is 41.6 Å². The van der Waals surface area contributed by atoms with Gasteiger partial charge in [0.05, 0.1) is 39.6 Å². The van der Waals surface area contributed by atoms with Gasteiger partial charge in [-0.15, -0.1) is 0 Å². The number of rotatable bonds is 11. The summed E-state index contributed by atoms with van der Waals surface area (Å²) in [6, 6.07) is 22.4. The Morgan fingerprint density at radius 3 is 1.51 bits per heavy atom. The van der Waals surface area contributed by atoms with Crippen LogP contribution in [-0.2, 0) is 35.0 Å². The number of hydrogen-bond donors (Lipinski definition) is 2. The summed E-state index contributed by atoms with van der Waals surface area (Å²) in [5.41, 5.74) is -1.91. The van der Waals surface area contributed by atoms with Crippen LogP contribution in [0.3, 0.4) is 0 Å². The van der Waals surface area contributed by atoms with Gasteiger partial charge in [-0.25, -0.2) is 14.4 Å². The fraction of sp³-hybridized carbons (Fsp3) is 0.150. The molecule has 0 saturated carbocycles. The number of alkyl halides is 6. The van der Waals surface area contributed by atoms with Gasteiger partial charge in [0.25, 0.3) is 0 Å². The van der Waals surface area contributed by atoms with E-state index in [0.717, 1.165) is 30.3 Å². The number of pyridine rings is 4. The fourth-order valence-corrected chi connectivity index (χ4v) is 6.34. The number of nitrogens with one attached hydrogen (secondary N) is 2. The van der Waals surface area contributed by atoms with Gasteiger partial charge in [0.1, 0.15) is 17.2 Å². The third-order valence-corrected chi connectivity index (χ3v) is 9.17. The Kier molecular flexibility index (Phi) is 12.2. The van der Waals surface area contributed by atoms with Crippen molar-refractivity contribution >= 4 is 35.0 Å². The molecule has 0 aliphatic rings. The zero-order valence-corrected chi connectivity index (χ0v) is 30.6. The first-order valence-corrected chi connectivity index (χ1v) is 17.6. The average Bonchev–Trinajstić information content (AvgIpc) is 3.19. The van der Waals surface area contributed by atoms with Crippen molar-refractivity contribution in [3.8, 4) is 22.5 Å². The minimum absolute atomic E-state index is 0.0404. The number of benzene rings is 2. The van der Waals surface area contributed by atoms with Gasteiger partial charge in [-0.05, 0) is 77.9 Å². The maximum atomic E-state index is 14.3. The number of nitrogens with zero attached hydrogens (tertiary/aromatic N) is 4. The fourth-order valence-electron chi connectivity index (χ4n) is 5.97. The van der Waals surface area contributed by atoms with E-state index in [1.54, 1.807) is 24.3 Å². The Hall–Kier alpha value is -5.93. The Bertz CT molecular complexity index is 2400. The molecule has 2 N–H and O–H groups in total. The maximum Gasteiger partial charge on any atom is 0.433 e. The van der Waals surface area contributed by atoms with Gasteiger partial charge in [-0.2, -0.15) is 26.3 Å². The molecule has 0 aliphatic carbocycles. The first-order chi connectivity index (χ1) is 27.1. The third kappa shape index (κ3) is 9.73. The molecule has 0 aliphatic heterocycles. The molecule has 6 aromatic rings. The summed E-state index contributed by atoms with van der Waals surface area (Å²) in [6.07, 6.45) is -6.82. The first kappa shape index (κ1) is 40.7. The number of amides is 2. The molecule has 2 atom stereocenters. The lowest BCUT2D eigenvalue weighted by Gasteiger charge is -2.26. The predicted octanol–water partition coefficient (Wildman–Crippen LogP) is 9.58. The number of carbonyl (C=O) groups excluding carboxylic acids is 2. The molecule has 2 aromatic carbocycles. The molecule has 6 rings (SSSR count). The van der Waals surface area contributed by atoms with Crippen LogP contribution in [0.5, 0.6) is 0 Å². The molecule has 0 saturated heterocycles. The molecule has 0 bridgehead atoms. The topological polar surface area (TPSA) is 110 Å². The van der Waals surface area contributed by atoms with E-state index in [9.17, 15) is 40.3 Å². The quantitative estimate of drug-likeness (QED) is 0.126. The molecule has 17 heteroatoms. The molecule has 2 unspecified atom stereocenters. The van der Waals surface area contributed by atoms with E-state index >= 15 is 0 Å². The molecule has 292 valence electrons. The second-order valence-electron chi connectivity index (χ2n) is 12.4. The van der Waals surface area contributed by atoms with Crippen molar-refractivity contribution < 1.29 is 40.3 Å². The van der Waals surface area contributed by atoms with Crippen LogP contribution in [0.15, 0.2) is 116 Å².